The first-order valence-electron chi connectivity index (χ1n) is 9.42. The van der Waals surface area contributed by atoms with Gasteiger partial charge in [0.15, 0.2) is 0 Å². The van der Waals surface area contributed by atoms with Crippen LogP contribution in [0.2, 0.25) is 0 Å². The summed E-state index contributed by atoms with van der Waals surface area (Å²) in [5.41, 5.74) is 2.28. The molecule has 2 amide bonds. The first-order chi connectivity index (χ1) is 12.7. The third-order valence-corrected chi connectivity index (χ3v) is 5.56. The van der Waals surface area contributed by atoms with Gasteiger partial charge >= 0.3 is 6.03 Å². The van der Waals surface area contributed by atoms with Gasteiger partial charge in [0.2, 0.25) is 0 Å². The fraction of sp³-hybridized carbons (Fsp3) is 0.500. The van der Waals surface area contributed by atoms with E-state index in [9.17, 15) is 4.79 Å². The van der Waals surface area contributed by atoms with Gasteiger partial charge in [0.25, 0.3) is 0 Å². The van der Waals surface area contributed by atoms with E-state index >= 15 is 0 Å². The Kier molecular flexibility index (Phi) is 4.93. The van der Waals surface area contributed by atoms with Crippen LogP contribution in [0, 0.1) is 0 Å². The van der Waals surface area contributed by atoms with Crippen molar-refractivity contribution in [1.29, 1.82) is 0 Å². The van der Waals surface area contributed by atoms with E-state index in [1.807, 2.05) is 29.1 Å². The number of hydrogen-bond donors (Lipinski definition) is 0. The Morgan fingerprint density at radius 2 is 1.85 bits per heavy atom. The number of carbonyl (C=O) groups excluding carboxylic acids is 1. The van der Waals surface area contributed by atoms with Gasteiger partial charge in [-0.25, -0.2) is 4.79 Å². The van der Waals surface area contributed by atoms with E-state index in [0.717, 1.165) is 31.4 Å². The molecule has 2 fully saturated rings. The maximum atomic E-state index is 12.7. The number of ether oxygens (including phenoxy) is 1. The highest BCUT2D eigenvalue weighted by atomic mass is 16.5. The number of carbonyl (C=O) groups is 1. The normalized spacial score (nSPS) is 19.0. The molecule has 0 radical (unpaired) electrons. The van der Waals surface area contributed by atoms with Crippen molar-refractivity contribution in [3.63, 3.8) is 0 Å². The fourth-order valence-corrected chi connectivity index (χ4v) is 3.98. The van der Waals surface area contributed by atoms with Crippen LogP contribution < -0.4 is 4.90 Å². The largest absolute Gasteiger partial charge is 0.378 e. The zero-order valence-electron chi connectivity index (χ0n) is 15.3. The summed E-state index contributed by atoms with van der Waals surface area (Å²) in [5.74, 6) is 0. The first kappa shape index (κ1) is 17.1. The lowest BCUT2D eigenvalue weighted by Crippen LogP contribution is -2.52. The Balaban J connectivity index is 1.41. The molecule has 0 N–H and O–H groups in total. The second-order valence-electron chi connectivity index (χ2n) is 7.06. The lowest BCUT2D eigenvalue weighted by Gasteiger charge is -2.40. The minimum Gasteiger partial charge on any atom is -0.378 e. The van der Waals surface area contributed by atoms with Crippen LogP contribution >= 0.6 is 0 Å². The van der Waals surface area contributed by atoms with E-state index in [2.05, 4.69) is 34.1 Å². The van der Waals surface area contributed by atoms with E-state index in [1.54, 1.807) is 0 Å². The van der Waals surface area contributed by atoms with Gasteiger partial charge in [0.1, 0.15) is 0 Å². The van der Waals surface area contributed by atoms with E-state index in [0.29, 0.717) is 32.3 Å². The second kappa shape index (κ2) is 7.50. The Labute approximate surface area is 154 Å². The Bertz CT molecular complexity index is 762. The molecule has 2 aliphatic rings. The highest BCUT2D eigenvalue weighted by Crippen LogP contribution is 2.28. The summed E-state index contributed by atoms with van der Waals surface area (Å²) in [5, 5.41) is 1.20. The van der Waals surface area contributed by atoms with Gasteiger partial charge in [-0.05, 0) is 25.0 Å². The van der Waals surface area contributed by atoms with Crippen LogP contribution in [0.25, 0.3) is 10.9 Å². The molecule has 0 aliphatic carbocycles. The van der Waals surface area contributed by atoms with E-state index in [-0.39, 0.29) is 6.03 Å². The molecule has 0 saturated carbocycles. The molecule has 6 nitrogen and oxygen atoms in total. The molecule has 26 heavy (non-hydrogen) atoms. The van der Waals surface area contributed by atoms with Crippen molar-refractivity contribution in [1.82, 2.24) is 14.8 Å². The maximum Gasteiger partial charge on any atom is 0.320 e. The van der Waals surface area contributed by atoms with Crippen molar-refractivity contribution < 1.29 is 9.53 Å². The molecule has 0 unspecified atom stereocenters. The first-order valence-corrected chi connectivity index (χ1v) is 9.42. The van der Waals surface area contributed by atoms with Gasteiger partial charge in [0, 0.05) is 56.5 Å². The molecule has 4 rings (SSSR count). The van der Waals surface area contributed by atoms with Crippen LogP contribution in [0.3, 0.4) is 0 Å². The lowest BCUT2D eigenvalue weighted by atomic mass is 10.0. The van der Waals surface area contributed by atoms with Crippen LogP contribution in [0.4, 0.5) is 10.5 Å². The Hall–Kier alpha value is -2.34. The molecule has 3 heterocycles. The SMILES string of the molecule is CN(C(=O)N1CCOCC1)C1CCN(c2ccnc3ccccc23)CC1. The van der Waals surface area contributed by atoms with Gasteiger partial charge in [-0.2, -0.15) is 0 Å². The minimum atomic E-state index is 0.140. The molecule has 138 valence electrons. The number of para-hydroxylation sites is 1. The van der Waals surface area contributed by atoms with E-state index in [4.69, 9.17) is 4.74 Å². The van der Waals surface area contributed by atoms with Crippen molar-refractivity contribution in [2.45, 2.75) is 18.9 Å². The van der Waals surface area contributed by atoms with E-state index < -0.39 is 0 Å². The molecular weight excluding hydrogens is 328 g/mol. The summed E-state index contributed by atoms with van der Waals surface area (Å²) < 4.78 is 5.35. The molecule has 0 bridgehead atoms. The summed E-state index contributed by atoms with van der Waals surface area (Å²) in [7, 11) is 1.94. The number of morpholine rings is 1. The summed E-state index contributed by atoms with van der Waals surface area (Å²) in [6.07, 6.45) is 3.87. The number of urea groups is 1. The van der Waals surface area contributed by atoms with Crippen LogP contribution in [-0.2, 0) is 4.74 Å². The quantitative estimate of drug-likeness (QED) is 0.832. The number of fused-ring (bicyclic) bond motifs is 1. The van der Waals surface area contributed by atoms with Crippen LogP contribution in [0.1, 0.15) is 12.8 Å². The average molecular weight is 354 g/mol. The zero-order valence-corrected chi connectivity index (χ0v) is 15.3. The van der Waals surface area contributed by atoms with Gasteiger partial charge in [-0.1, -0.05) is 18.2 Å². The average Bonchev–Trinajstić information content (AvgIpc) is 2.73. The smallest absolute Gasteiger partial charge is 0.320 e. The number of amides is 2. The van der Waals surface area contributed by atoms with Crippen molar-refractivity contribution >= 4 is 22.6 Å². The summed E-state index contributed by atoms with van der Waals surface area (Å²) in [6, 6.07) is 10.8. The van der Waals surface area contributed by atoms with Gasteiger partial charge in [-0.3, -0.25) is 4.98 Å². The predicted octanol–water partition coefficient (Wildman–Crippen LogP) is 2.59. The highest BCUT2D eigenvalue weighted by molar-refractivity contribution is 5.91. The molecule has 1 aromatic heterocycles. The summed E-state index contributed by atoms with van der Waals surface area (Å²) in [6.45, 7) is 4.61. The van der Waals surface area contributed by atoms with Crippen molar-refractivity contribution in [2.75, 3.05) is 51.3 Å². The minimum absolute atomic E-state index is 0.140. The third-order valence-electron chi connectivity index (χ3n) is 5.56. The molecular formula is C20H26N4O2. The second-order valence-corrected chi connectivity index (χ2v) is 7.06. The number of pyridine rings is 1. The fourth-order valence-electron chi connectivity index (χ4n) is 3.98. The molecule has 2 saturated heterocycles. The number of anilines is 1. The van der Waals surface area contributed by atoms with Gasteiger partial charge in [0.05, 0.1) is 18.7 Å². The van der Waals surface area contributed by atoms with Crippen molar-refractivity contribution in [2.24, 2.45) is 0 Å². The summed E-state index contributed by atoms with van der Waals surface area (Å²) in [4.78, 5) is 23.4. The number of hydrogen-bond acceptors (Lipinski definition) is 4. The highest BCUT2D eigenvalue weighted by Gasteiger charge is 2.29. The predicted molar refractivity (Wildman–Crippen MR) is 103 cm³/mol. The Morgan fingerprint density at radius 1 is 1.12 bits per heavy atom. The number of piperidine rings is 1. The molecule has 0 spiro atoms. The number of benzene rings is 1. The maximum absolute atomic E-state index is 12.7. The number of rotatable bonds is 2. The molecule has 0 atom stereocenters. The third kappa shape index (κ3) is 3.33. The zero-order chi connectivity index (χ0) is 17.9. The summed E-state index contributed by atoms with van der Waals surface area (Å²) >= 11 is 0. The van der Waals surface area contributed by atoms with Crippen molar-refractivity contribution in [3.05, 3.63) is 36.5 Å². The van der Waals surface area contributed by atoms with Crippen LogP contribution in [-0.4, -0.2) is 73.3 Å². The van der Waals surface area contributed by atoms with Gasteiger partial charge in [-0.15, -0.1) is 0 Å². The van der Waals surface area contributed by atoms with Crippen LogP contribution in [0.15, 0.2) is 36.5 Å². The number of aromatic nitrogens is 1. The molecule has 6 heteroatoms. The molecule has 2 aliphatic heterocycles. The molecule has 2 aromatic rings. The Morgan fingerprint density at radius 3 is 2.62 bits per heavy atom. The van der Waals surface area contributed by atoms with E-state index in [1.165, 1.54) is 11.1 Å². The lowest BCUT2D eigenvalue weighted by molar-refractivity contribution is 0.0409. The standard InChI is InChI=1S/C20H26N4O2/c1-22(20(25)24-12-14-26-15-13-24)16-7-10-23(11-8-16)19-6-9-21-18-5-3-2-4-17(18)19/h2-6,9,16H,7-8,10-15H2,1H3. The van der Waals surface area contributed by atoms with Crippen molar-refractivity contribution in [3.8, 4) is 0 Å². The monoisotopic (exact) mass is 354 g/mol. The number of nitrogens with zero attached hydrogens (tertiary/aromatic N) is 4. The molecule has 1 aromatic carbocycles. The van der Waals surface area contributed by atoms with Gasteiger partial charge < -0.3 is 19.4 Å². The topological polar surface area (TPSA) is 48.9 Å². The van der Waals surface area contributed by atoms with Crippen LogP contribution in [0.5, 0.6) is 0 Å².